The summed E-state index contributed by atoms with van der Waals surface area (Å²) >= 11 is 6.52. The van der Waals surface area contributed by atoms with E-state index in [0.717, 1.165) is 22.3 Å². The zero-order chi connectivity index (χ0) is 29.4. The van der Waals surface area contributed by atoms with Crippen molar-refractivity contribution in [2.45, 2.75) is 40.0 Å². The quantitative estimate of drug-likeness (QED) is 0.188. The first-order valence-corrected chi connectivity index (χ1v) is 14.3. The summed E-state index contributed by atoms with van der Waals surface area (Å²) in [7, 11) is 0. The number of carbonyl (C=O) groups excluding carboxylic acids is 1. The summed E-state index contributed by atoms with van der Waals surface area (Å²) in [6.07, 6.45) is 0. The molecule has 1 atom stereocenters. The molecule has 0 aliphatic carbocycles. The van der Waals surface area contributed by atoms with E-state index in [0.29, 0.717) is 51.8 Å². The predicted molar refractivity (Wildman–Crippen MR) is 164 cm³/mol. The van der Waals surface area contributed by atoms with Crippen LogP contribution in [-0.2, 0) is 13.2 Å². The molecule has 1 aromatic heterocycles. The molecule has 1 aliphatic rings. The summed E-state index contributed by atoms with van der Waals surface area (Å²) in [5, 5.41) is 0.993. The minimum absolute atomic E-state index is 0.0545. The van der Waals surface area contributed by atoms with E-state index in [1.807, 2.05) is 99.6 Å². The molecule has 1 amide bonds. The number of halogens is 1. The number of hydrogen-bond acceptors (Lipinski definition) is 5. The second-order valence-corrected chi connectivity index (χ2v) is 10.9. The van der Waals surface area contributed by atoms with E-state index in [1.54, 1.807) is 11.0 Å². The fourth-order valence-electron chi connectivity index (χ4n) is 5.61. The molecular formula is C35H30ClNO5. The molecule has 0 spiro atoms. The summed E-state index contributed by atoms with van der Waals surface area (Å²) in [6, 6.07) is 25.9. The van der Waals surface area contributed by atoms with Gasteiger partial charge in [-0.05, 0) is 72.9 Å². The number of fused-ring (bicyclic) bond motifs is 2. The molecule has 7 heteroatoms. The van der Waals surface area contributed by atoms with Crippen molar-refractivity contribution in [3.63, 3.8) is 0 Å². The summed E-state index contributed by atoms with van der Waals surface area (Å²) in [5.41, 5.74) is 4.77. The van der Waals surface area contributed by atoms with Gasteiger partial charge in [0, 0.05) is 11.6 Å². The predicted octanol–water partition coefficient (Wildman–Crippen LogP) is 7.79. The van der Waals surface area contributed by atoms with Crippen LogP contribution in [0, 0.1) is 13.8 Å². The number of hydrogen-bond donors (Lipinski definition) is 0. The van der Waals surface area contributed by atoms with Crippen molar-refractivity contribution < 1.29 is 18.7 Å². The van der Waals surface area contributed by atoms with E-state index in [2.05, 4.69) is 0 Å². The molecule has 6 nitrogen and oxygen atoms in total. The second-order valence-electron chi connectivity index (χ2n) is 10.5. The third-order valence-corrected chi connectivity index (χ3v) is 7.88. The highest BCUT2D eigenvalue weighted by Crippen LogP contribution is 2.42. The van der Waals surface area contributed by atoms with Crippen molar-refractivity contribution in [3.05, 3.63) is 139 Å². The average Bonchev–Trinajstić information content (AvgIpc) is 3.26. The van der Waals surface area contributed by atoms with Crippen LogP contribution in [0.4, 0.5) is 0 Å². The van der Waals surface area contributed by atoms with Crippen LogP contribution < -0.4 is 14.9 Å². The molecule has 4 aromatic carbocycles. The summed E-state index contributed by atoms with van der Waals surface area (Å²) in [6.45, 7) is 6.70. The van der Waals surface area contributed by atoms with Crippen molar-refractivity contribution >= 4 is 28.5 Å². The minimum Gasteiger partial charge on any atom is -0.490 e. The van der Waals surface area contributed by atoms with Crippen molar-refractivity contribution in [2.75, 3.05) is 6.61 Å². The van der Waals surface area contributed by atoms with Crippen molar-refractivity contribution in [1.29, 1.82) is 0 Å². The third-order valence-electron chi connectivity index (χ3n) is 7.52. The first-order chi connectivity index (χ1) is 20.4. The van der Waals surface area contributed by atoms with Gasteiger partial charge in [-0.2, -0.15) is 0 Å². The highest BCUT2D eigenvalue weighted by atomic mass is 35.5. The van der Waals surface area contributed by atoms with Crippen LogP contribution in [0.3, 0.4) is 0 Å². The molecule has 5 aromatic rings. The van der Waals surface area contributed by atoms with Crippen LogP contribution in [-0.4, -0.2) is 17.4 Å². The van der Waals surface area contributed by atoms with Crippen molar-refractivity contribution in [3.8, 4) is 11.5 Å². The Balaban J connectivity index is 1.49. The number of nitrogens with zero attached hydrogens (tertiary/aromatic N) is 1. The maximum Gasteiger partial charge on any atom is 0.291 e. The number of aryl methyl sites for hydroxylation is 2. The van der Waals surface area contributed by atoms with E-state index in [9.17, 15) is 9.59 Å². The van der Waals surface area contributed by atoms with E-state index in [1.165, 1.54) is 0 Å². The molecule has 0 bridgehead atoms. The number of amides is 1. The van der Waals surface area contributed by atoms with Gasteiger partial charge in [-0.3, -0.25) is 9.59 Å². The molecule has 1 unspecified atom stereocenters. The monoisotopic (exact) mass is 579 g/mol. The number of ether oxygens (including phenoxy) is 2. The molecule has 0 radical (unpaired) electrons. The molecule has 42 heavy (non-hydrogen) atoms. The molecule has 6 rings (SSSR count). The zero-order valence-electron chi connectivity index (χ0n) is 23.6. The van der Waals surface area contributed by atoms with Crippen LogP contribution in [0.2, 0.25) is 5.02 Å². The first-order valence-electron chi connectivity index (χ1n) is 13.9. The lowest BCUT2D eigenvalue weighted by Crippen LogP contribution is -2.29. The van der Waals surface area contributed by atoms with Gasteiger partial charge in [-0.1, -0.05) is 72.3 Å². The smallest absolute Gasteiger partial charge is 0.291 e. The Labute approximate surface area is 249 Å². The highest BCUT2D eigenvalue weighted by Gasteiger charge is 2.43. The maximum atomic E-state index is 14.1. The average molecular weight is 580 g/mol. The molecule has 0 N–H and O–H groups in total. The Hall–Kier alpha value is -4.55. The summed E-state index contributed by atoms with van der Waals surface area (Å²) in [5.74, 6) is 0.792. The first kappa shape index (κ1) is 27.6. The Kier molecular flexibility index (Phi) is 7.48. The van der Waals surface area contributed by atoms with Gasteiger partial charge in [0.1, 0.15) is 12.2 Å². The lowest BCUT2D eigenvalue weighted by atomic mass is 9.96. The Morgan fingerprint density at radius 1 is 0.881 bits per heavy atom. The highest BCUT2D eigenvalue weighted by molar-refractivity contribution is 6.31. The molecule has 0 saturated heterocycles. The second kappa shape index (κ2) is 11.4. The van der Waals surface area contributed by atoms with Crippen LogP contribution in [0.1, 0.15) is 56.9 Å². The minimum atomic E-state index is -0.715. The largest absolute Gasteiger partial charge is 0.490 e. The Bertz CT molecular complexity index is 1860. The van der Waals surface area contributed by atoms with Crippen molar-refractivity contribution in [1.82, 2.24) is 4.90 Å². The number of benzene rings is 4. The number of rotatable bonds is 8. The van der Waals surface area contributed by atoms with Gasteiger partial charge in [-0.15, -0.1) is 0 Å². The fraction of sp³-hybridized carbons (Fsp3) is 0.200. The normalized spacial score (nSPS) is 14.3. The fourth-order valence-corrected chi connectivity index (χ4v) is 5.81. The summed E-state index contributed by atoms with van der Waals surface area (Å²) < 4.78 is 18.4. The van der Waals surface area contributed by atoms with Crippen LogP contribution in [0.5, 0.6) is 11.5 Å². The van der Waals surface area contributed by atoms with E-state index in [4.69, 9.17) is 25.5 Å². The lowest BCUT2D eigenvalue weighted by Gasteiger charge is -2.26. The summed E-state index contributed by atoms with van der Waals surface area (Å²) in [4.78, 5) is 29.8. The van der Waals surface area contributed by atoms with E-state index in [-0.39, 0.29) is 23.6 Å². The van der Waals surface area contributed by atoms with Gasteiger partial charge in [-0.25, -0.2) is 0 Å². The lowest BCUT2D eigenvalue weighted by molar-refractivity contribution is 0.0714. The van der Waals surface area contributed by atoms with Gasteiger partial charge < -0.3 is 18.8 Å². The van der Waals surface area contributed by atoms with E-state index >= 15 is 0 Å². The molecule has 0 saturated carbocycles. The van der Waals surface area contributed by atoms with Crippen molar-refractivity contribution in [2.24, 2.45) is 0 Å². The number of carbonyl (C=O) groups is 1. The zero-order valence-corrected chi connectivity index (χ0v) is 24.4. The van der Waals surface area contributed by atoms with Gasteiger partial charge in [0.15, 0.2) is 16.9 Å². The molecule has 0 fully saturated rings. The Morgan fingerprint density at radius 3 is 2.40 bits per heavy atom. The molecule has 1 aliphatic heterocycles. The SMILES string of the molecule is CCOc1cc(C2c3c(oc4c(C)cc(C)cc4c3=O)C(=O)N2Cc2ccccc2Cl)ccc1OCc1ccccc1. The van der Waals surface area contributed by atoms with Gasteiger partial charge in [0.05, 0.1) is 23.6 Å². The molecule has 2 heterocycles. The third kappa shape index (κ3) is 5.03. The van der Waals surface area contributed by atoms with Crippen LogP contribution in [0.15, 0.2) is 94.1 Å². The van der Waals surface area contributed by atoms with Gasteiger partial charge in [0.2, 0.25) is 5.76 Å². The maximum absolute atomic E-state index is 14.1. The van der Waals surface area contributed by atoms with Crippen LogP contribution in [0.25, 0.3) is 11.0 Å². The standard InChI is InChI=1S/C35H30ClNO5/c1-4-40-29-18-24(14-15-28(29)41-20-23-10-6-5-7-11-23)31-30-32(38)26-17-21(2)16-22(3)33(26)42-34(30)35(39)37(31)19-25-12-8-9-13-27(25)36/h5-18,31H,4,19-20H2,1-3H3. The van der Waals surface area contributed by atoms with E-state index < -0.39 is 6.04 Å². The van der Waals surface area contributed by atoms with Crippen LogP contribution >= 0.6 is 11.6 Å². The molecule has 212 valence electrons. The Morgan fingerprint density at radius 2 is 1.64 bits per heavy atom. The van der Waals surface area contributed by atoms with Gasteiger partial charge in [0.25, 0.3) is 5.91 Å². The topological polar surface area (TPSA) is 69.0 Å². The van der Waals surface area contributed by atoms with Gasteiger partial charge >= 0.3 is 0 Å². The molecular weight excluding hydrogens is 550 g/mol.